The topological polar surface area (TPSA) is 38.1 Å². The Kier molecular flexibility index (Phi) is 4.09. The van der Waals surface area contributed by atoms with Gasteiger partial charge in [-0.3, -0.25) is 0 Å². The van der Waals surface area contributed by atoms with Gasteiger partial charge in [0.15, 0.2) is 5.89 Å². The smallest absolute Gasteiger partial charge is 0.195 e. The van der Waals surface area contributed by atoms with Gasteiger partial charge in [0.2, 0.25) is 0 Å². The molecule has 0 aromatic carbocycles. The maximum atomic E-state index is 5.64. The monoisotopic (exact) mass is 226 g/mol. The molecule has 0 spiro atoms. The van der Waals surface area contributed by atoms with E-state index in [1.54, 1.807) is 0 Å². The molecule has 84 valence electrons. The van der Waals surface area contributed by atoms with E-state index in [1.807, 2.05) is 13.2 Å². The van der Waals surface area contributed by atoms with E-state index in [-0.39, 0.29) is 0 Å². The largest absolute Gasteiger partial charge is 0.444 e. The minimum absolute atomic E-state index is 0.722. The van der Waals surface area contributed by atoms with Gasteiger partial charge in [0.05, 0.1) is 12.7 Å². The van der Waals surface area contributed by atoms with Crippen LogP contribution in [-0.2, 0) is 13.0 Å². The third-order valence-electron chi connectivity index (χ3n) is 2.63. The van der Waals surface area contributed by atoms with Crippen LogP contribution in [0.5, 0.6) is 0 Å². The zero-order valence-electron chi connectivity index (χ0n) is 9.16. The van der Waals surface area contributed by atoms with Gasteiger partial charge in [-0.2, -0.15) is 11.8 Å². The van der Waals surface area contributed by atoms with Gasteiger partial charge in [0.25, 0.3) is 0 Å². The van der Waals surface area contributed by atoms with E-state index in [9.17, 15) is 0 Å². The van der Waals surface area contributed by atoms with Crippen molar-refractivity contribution in [3.8, 4) is 0 Å². The molecule has 1 unspecified atom stereocenters. The summed E-state index contributed by atoms with van der Waals surface area (Å²) < 4.78 is 5.64. The molecule has 1 atom stereocenters. The summed E-state index contributed by atoms with van der Waals surface area (Å²) in [7, 11) is 1.92. The zero-order chi connectivity index (χ0) is 10.5. The molecule has 1 aromatic rings. The van der Waals surface area contributed by atoms with Gasteiger partial charge < -0.3 is 9.73 Å². The summed E-state index contributed by atoms with van der Waals surface area (Å²) in [5.74, 6) is 3.14. The first-order valence-electron chi connectivity index (χ1n) is 5.58. The van der Waals surface area contributed by atoms with E-state index in [2.05, 4.69) is 22.1 Å². The van der Waals surface area contributed by atoms with Gasteiger partial charge in [-0.25, -0.2) is 4.98 Å². The summed E-state index contributed by atoms with van der Waals surface area (Å²) in [4.78, 5) is 4.31. The van der Waals surface area contributed by atoms with Crippen LogP contribution in [0.4, 0.5) is 0 Å². The number of nitrogens with one attached hydrogen (secondary N) is 1. The Bertz CT molecular complexity index is 295. The van der Waals surface area contributed by atoms with Crippen LogP contribution in [0, 0.1) is 0 Å². The molecule has 2 rings (SSSR count). The van der Waals surface area contributed by atoms with Crippen LogP contribution < -0.4 is 5.32 Å². The summed E-state index contributed by atoms with van der Waals surface area (Å²) in [6, 6.07) is 0. The maximum absolute atomic E-state index is 5.64. The number of hydrogen-bond donors (Lipinski definition) is 1. The van der Waals surface area contributed by atoms with Crippen molar-refractivity contribution in [1.82, 2.24) is 10.3 Å². The van der Waals surface area contributed by atoms with Crippen molar-refractivity contribution in [3.05, 3.63) is 17.8 Å². The van der Waals surface area contributed by atoms with E-state index in [0.29, 0.717) is 0 Å². The fourth-order valence-corrected chi connectivity index (χ4v) is 3.16. The standard InChI is InChI=1S/C11H18N2OS/c1-12-7-9-8-13-11(14-9)6-10-4-2-3-5-15-10/h8,10,12H,2-7H2,1H3. The highest BCUT2D eigenvalue weighted by atomic mass is 32.2. The summed E-state index contributed by atoms with van der Waals surface area (Å²) in [6.45, 7) is 0.769. The number of rotatable bonds is 4. The quantitative estimate of drug-likeness (QED) is 0.854. The molecule has 1 N–H and O–H groups in total. The van der Waals surface area contributed by atoms with E-state index < -0.39 is 0 Å². The summed E-state index contributed by atoms with van der Waals surface area (Å²) in [6.07, 6.45) is 6.88. The van der Waals surface area contributed by atoms with Crippen molar-refractivity contribution < 1.29 is 4.42 Å². The lowest BCUT2D eigenvalue weighted by atomic mass is 10.1. The second kappa shape index (κ2) is 5.56. The Morgan fingerprint density at radius 3 is 3.27 bits per heavy atom. The molecule has 0 saturated carbocycles. The molecule has 0 amide bonds. The number of oxazole rings is 1. The Morgan fingerprint density at radius 1 is 1.60 bits per heavy atom. The van der Waals surface area contributed by atoms with Gasteiger partial charge in [-0.05, 0) is 25.6 Å². The molecule has 15 heavy (non-hydrogen) atoms. The molecular weight excluding hydrogens is 208 g/mol. The molecule has 4 heteroatoms. The predicted octanol–water partition coefficient (Wildman–Crippen LogP) is 2.22. The SMILES string of the molecule is CNCc1cnc(CC2CCCCS2)o1. The molecule has 2 heterocycles. The first-order valence-corrected chi connectivity index (χ1v) is 6.63. The van der Waals surface area contributed by atoms with E-state index in [4.69, 9.17) is 4.42 Å². The summed E-state index contributed by atoms with van der Waals surface area (Å²) in [5, 5.41) is 3.78. The second-order valence-electron chi connectivity index (χ2n) is 3.94. The van der Waals surface area contributed by atoms with Crippen LogP contribution in [0.2, 0.25) is 0 Å². The molecule has 1 fully saturated rings. The second-order valence-corrected chi connectivity index (χ2v) is 5.35. The normalized spacial score (nSPS) is 21.8. The van der Waals surface area contributed by atoms with Gasteiger partial charge in [-0.1, -0.05) is 6.42 Å². The Labute approximate surface area is 95.0 Å². The van der Waals surface area contributed by atoms with Gasteiger partial charge in [0.1, 0.15) is 5.76 Å². The van der Waals surface area contributed by atoms with Crippen LogP contribution in [0.1, 0.15) is 30.9 Å². The fourth-order valence-electron chi connectivity index (χ4n) is 1.86. The Morgan fingerprint density at radius 2 is 2.53 bits per heavy atom. The first kappa shape index (κ1) is 11.0. The van der Waals surface area contributed by atoms with Gasteiger partial charge in [-0.15, -0.1) is 0 Å². The number of nitrogens with zero attached hydrogens (tertiary/aromatic N) is 1. The fraction of sp³-hybridized carbons (Fsp3) is 0.727. The third-order valence-corrected chi connectivity index (χ3v) is 4.03. The lowest BCUT2D eigenvalue weighted by Gasteiger charge is -2.19. The minimum atomic E-state index is 0.722. The number of aromatic nitrogens is 1. The van der Waals surface area contributed by atoms with Crippen LogP contribution in [-0.4, -0.2) is 23.0 Å². The molecule has 0 bridgehead atoms. The van der Waals surface area contributed by atoms with Crippen molar-refractivity contribution in [2.24, 2.45) is 0 Å². The van der Waals surface area contributed by atoms with E-state index >= 15 is 0 Å². The van der Waals surface area contributed by atoms with Crippen molar-refractivity contribution in [2.75, 3.05) is 12.8 Å². The van der Waals surface area contributed by atoms with Crippen molar-refractivity contribution >= 4 is 11.8 Å². The first-order chi connectivity index (χ1) is 7.38. The molecule has 0 radical (unpaired) electrons. The minimum Gasteiger partial charge on any atom is -0.444 e. The zero-order valence-corrected chi connectivity index (χ0v) is 9.98. The lowest BCUT2D eigenvalue weighted by Crippen LogP contribution is -2.12. The Balaban J connectivity index is 1.86. The molecule has 1 aliphatic heterocycles. The maximum Gasteiger partial charge on any atom is 0.195 e. The highest BCUT2D eigenvalue weighted by Crippen LogP contribution is 2.27. The van der Waals surface area contributed by atoms with Crippen LogP contribution >= 0.6 is 11.8 Å². The average Bonchev–Trinajstić information content (AvgIpc) is 2.68. The molecular formula is C11H18N2OS. The highest BCUT2D eigenvalue weighted by molar-refractivity contribution is 7.99. The van der Waals surface area contributed by atoms with E-state index in [0.717, 1.165) is 29.9 Å². The van der Waals surface area contributed by atoms with Crippen LogP contribution in [0.25, 0.3) is 0 Å². The summed E-state index contributed by atoms with van der Waals surface area (Å²) >= 11 is 2.07. The van der Waals surface area contributed by atoms with Crippen LogP contribution in [0.15, 0.2) is 10.6 Å². The molecule has 1 saturated heterocycles. The average molecular weight is 226 g/mol. The molecule has 1 aliphatic rings. The Hall–Kier alpha value is -0.480. The van der Waals surface area contributed by atoms with E-state index in [1.165, 1.54) is 25.0 Å². The highest BCUT2D eigenvalue weighted by Gasteiger charge is 2.16. The predicted molar refractivity (Wildman–Crippen MR) is 63.1 cm³/mol. The lowest BCUT2D eigenvalue weighted by molar-refractivity contribution is 0.438. The van der Waals surface area contributed by atoms with Gasteiger partial charge in [0, 0.05) is 11.7 Å². The molecule has 3 nitrogen and oxygen atoms in total. The van der Waals surface area contributed by atoms with Crippen LogP contribution in [0.3, 0.4) is 0 Å². The third kappa shape index (κ3) is 3.24. The molecule has 0 aliphatic carbocycles. The summed E-state index contributed by atoms with van der Waals surface area (Å²) in [5.41, 5.74) is 0. The number of thioether (sulfide) groups is 1. The molecule has 1 aromatic heterocycles. The van der Waals surface area contributed by atoms with Crippen molar-refractivity contribution in [2.45, 2.75) is 37.5 Å². The van der Waals surface area contributed by atoms with Gasteiger partial charge >= 0.3 is 0 Å². The van der Waals surface area contributed by atoms with Crippen molar-refractivity contribution in [1.29, 1.82) is 0 Å². The van der Waals surface area contributed by atoms with Crippen molar-refractivity contribution in [3.63, 3.8) is 0 Å². The number of hydrogen-bond acceptors (Lipinski definition) is 4.